The first-order valence-corrected chi connectivity index (χ1v) is 6.64. The van der Waals surface area contributed by atoms with Gasteiger partial charge in [-0.1, -0.05) is 19.8 Å². The van der Waals surface area contributed by atoms with E-state index in [0.29, 0.717) is 18.9 Å². The number of hydrogen-bond acceptors (Lipinski definition) is 3. The van der Waals surface area contributed by atoms with Crippen LogP contribution in [0, 0.1) is 11.8 Å². The highest BCUT2D eigenvalue weighted by molar-refractivity contribution is 5.70. The third-order valence-electron chi connectivity index (χ3n) is 3.55. The van der Waals surface area contributed by atoms with E-state index >= 15 is 0 Å². The van der Waals surface area contributed by atoms with Crippen LogP contribution in [0.1, 0.15) is 45.4 Å². The van der Waals surface area contributed by atoms with Crippen LogP contribution in [-0.4, -0.2) is 35.5 Å². The van der Waals surface area contributed by atoms with Gasteiger partial charge in [0.05, 0.1) is 12.0 Å². The maximum Gasteiger partial charge on any atom is 0.309 e. The van der Waals surface area contributed by atoms with Crippen molar-refractivity contribution in [3.8, 4) is 0 Å². The Labute approximate surface area is 103 Å². The van der Waals surface area contributed by atoms with Crippen molar-refractivity contribution in [1.29, 1.82) is 0 Å². The van der Waals surface area contributed by atoms with Gasteiger partial charge in [-0.2, -0.15) is 0 Å². The molecule has 4 heteroatoms. The lowest BCUT2D eigenvalue weighted by Crippen LogP contribution is -2.37. The molecule has 0 radical (unpaired) electrons. The molecule has 0 aliphatic heterocycles. The summed E-state index contributed by atoms with van der Waals surface area (Å²) < 4.78 is 5.63. The van der Waals surface area contributed by atoms with Crippen LogP contribution < -0.4 is 0 Å². The second-order valence-electron chi connectivity index (χ2n) is 4.90. The van der Waals surface area contributed by atoms with Crippen LogP contribution in [0.4, 0.5) is 0 Å². The lowest BCUT2D eigenvalue weighted by Gasteiger charge is -2.33. The molecular formula is C13H24O4. The minimum absolute atomic E-state index is 0.100. The number of hydrogen-bond donors (Lipinski definition) is 2. The van der Waals surface area contributed by atoms with Crippen LogP contribution in [0.2, 0.25) is 0 Å². The second-order valence-corrected chi connectivity index (χ2v) is 4.90. The lowest BCUT2D eigenvalue weighted by atomic mass is 9.78. The fourth-order valence-electron chi connectivity index (χ4n) is 2.65. The van der Waals surface area contributed by atoms with Crippen molar-refractivity contribution in [2.24, 2.45) is 11.8 Å². The molecule has 17 heavy (non-hydrogen) atoms. The van der Waals surface area contributed by atoms with Gasteiger partial charge in [0.2, 0.25) is 0 Å². The van der Waals surface area contributed by atoms with E-state index in [4.69, 9.17) is 14.9 Å². The summed E-state index contributed by atoms with van der Waals surface area (Å²) in [5, 5.41) is 17.9. The number of rotatable bonds is 7. The molecule has 1 fully saturated rings. The quantitative estimate of drug-likeness (QED) is 0.673. The first kappa shape index (κ1) is 14.5. The Morgan fingerprint density at radius 1 is 1.41 bits per heavy atom. The summed E-state index contributed by atoms with van der Waals surface area (Å²) in [7, 11) is 0. The van der Waals surface area contributed by atoms with Gasteiger partial charge in [0.15, 0.2) is 0 Å². The van der Waals surface area contributed by atoms with Gasteiger partial charge in [-0.25, -0.2) is 0 Å². The number of aliphatic carboxylic acids is 1. The van der Waals surface area contributed by atoms with Crippen molar-refractivity contribution in [1.82, 2.24) is 0 Å². The van der Waals surface area contributed by atoms with E-state index < -0.39 is 5.97 Å². The summed E-state index contributed by atoms with van der Waals surface area (Å²) in [6, 6.07) is 0. The molecule has 0 aromatic rings. The van der Waals surface area contributed by atoms with Gasteiger partial charge in [0, 0.05) is 13.2 Å². The summed E-state index contributed by atoms with van der Waals surface area (Å²) in [6.07, 6.45) is 5.31. The molecule has 1 saturated carbocycles. The Kier molecular flexibility index (Phi) is 6.52. The fourth-order valence-corrected chi connectivity index (χ4v) is 2.65. The lowest BCUT2D eigenvalue weighted by molar-refractivity contribution is -0.151. The van der Waals surface area contributed by atoms with E-state index in [-0.39, 0.29) is 18.6 Å². The van der Waals surface area contributed by atoms with Crippen molar-refractivity contribution >= 4 is 5.97 Å². The summed E-state index contributed by atoms with van der Waals surface area (Å²) in [5.41, 5.74) is 0. The molecule has 1 aliphatic rings. The van der Waals surface area contributed by atoms with E-state index in [1.807, 2.05) is 0 Å². The highest BCUT2D eigenvalue weighted by Crippen LogP contribution is 2.33. The van der Waals surface area contributed by atoms with Gasteiger partial charge in [0.1, 0.15) is 0 Å². The number of ether oxygens (including phenoxy) is 1. The van der Waals surface area contributed by atoms with Crippen LogP contribution in [0.15, 0.2) is 0 Å². The molecule has 1 aliphatic carbocycles. The Balaban J connectivity index is 2.47. The second kappa shape index (κ2) is 7.67. The molecular weight excluding hydrogens is 220 g/mol. The third-order valence-corrected chi connectivity index (χ3v) is 3.55. The predicted molar refractivity (Wildman–Crippen MR) is 64.8 cm³/mol. The molecule has 3 unspecified atom stereocenters. The van der Waals surface area contributed by atoms with Crippen molar-refractivity contribution < 1.29 is 19.7 Å². The predicted octanol–water partition coefficient (Wildman–Crippen LogP) is 2.05. The van der Waals surface area contributed by atoms with Crippen molar-refractivity contribution in [3.63, 3.8) is 0 Å². The number of carboxylic acid groups (broad SMARTS) is 1. The van der Waals surface area contributed by atoms with Crippen molar-refractivity contribution in [2.45, 2.75) is 51.6 Å². The maximum atomic E-state index is 11.1. The minimum Gasteiger partial charge on any atom is -0.481 e. The van der Waals surface area contributed by atoms with Crippen LogP contribution in [0.25, 0.3) is 0 Å². The molecule has 3 atom stereocenters. The summed E-state index contributed by atoms with van der Waals surface area (Å²) in [6.45, 7) is 2.72. The number of carboxylic acids is 1. The van der Waals surface area contributed by atoms with E-state index in [1.165, 1.54) is 0 Å². The zero-order valence-corrected chi connectivity index (χ0v) is 10.6. The van der Waals surface area contributed by atoms with Crippen LogP contribution >= 0.6 is 0 Å². The van der Waals surface area contributed by atoms with Crippen LogP contribution in [0.5, 0.6) is 0 Å². The molecule has 100 valence electrons. The highest BCUT2D eigenvalue weighted by Gasteiger charge is 2.35. The fraction of sp³-hybridized carbons (Fsp3) is 0.923. The molecule has 0 aromatic carbocycles. The van der Waals surface area contributed by atoms with E-state index in [9.17, 15) is 4.79 Å². The summed E-state index contributed by atoms with van der Waals surface area (Å²) >= 11 is 0. The van der Waals surface area contributed by atoms with Gasteiger partial charge in [-0.3, -0.25) is 4.79 Å². The Morgan fingerprint density at radius 2 is 2.18 bits per heavy atom. The van der Waals surface area contributed by atoms with Gasteiger partial charge < -0.3 is 14.9 Å². The molecule has 0 heterocycles. The maximum absolute atomic E-state index is 11.1. The molecule has 0 bridgehead atoms. The van der Waals surface area contributed by atoms with Gasteiger partial charge in [0.25, 0.3) is 0 Å². The smallest absolute Gasteiger partial charge is 0.309 e. The van der Waals surface area contributed by atoms with E-state index in [0.717, 1.165) is 32.1 Å². The molecule has 2 N–H and O–H groups in total. The average Bonchev–Trinajstić information content (AvgIpc) is 2.30. The highest BCUT2D eigenvalue weighted by atomic mass is 16.5. The van der Waals surface area contributed by atoms with Crippen molar-refractivity contribution in [3.05, 3.63) is 0 Å². The Morgan fingerprint density at radius 3 is 2.76 bits per heavy atom. The van der Waals surface area contributed by atoms with Gasteiger partial charge in [-0.05, 0) is 31.6 Å². The van der Waals surface area contributed by atoms with Gasteiger partial charge >= 0.3 is 5.97 Å². The molecule has 4 nitrogen and oxygen atoms in total. The zero-order chi connectivity index (χ0) is 12.7. The van der Waals surface area contributed by atoms with Crippen LogP contribution in [0.3, 0.4) is 0 Å². The van der Waals surface area contributed by atoms with Crippen molar-refractivity contribution in [2.75, 3.05) is 13.2 Å². The standard InChI is InChI=1S/C13H24O4/c1-2-4-10-5-6-11(13(15)16)12(9-10)17-8-3-7-14/h10-12,14H,2-9H2,1H3,(H,15,16). The van der Waals surface area contributed by atoms with Gasteiger partial charge in [-0.15, -0.1) is 0 Å². The van der Waals surface area contributed by atoms with E-state index in [2.05, 4.69) is 6.92 Å². The van der Waals surface area contributed by atoms with E-state index in [1.54, 1.807) is 0 Å². The topological polar surface area (TPSA) is 66.8 Å². The normalized spacial score (nSPS) is 29.2. The Hall–Kier alpha value is -0.610. The monoisotopic (exact) mass is 244 g/mol. The molecule has 1 rings (SSSR count). The minimum atomic E-state index is -0.742. The molecule has 0 spiro atoms. The largest absolute Gasteiger partial charge is 0.481 e. The third kappa shape index (κ3) is 4.64. The number of aliphatic hydroxyl groups is 1. The Bertz CT molecular complexity index is 229. The average molecular weight is 244 g/mol. The molecule has 0 amide bonds. The molecule has 0 saturated heterocycles. The first-order valence-electron chi connectivity index (χ1n) is 6.64. The summed E-state index contributed by atoms with van der Waals surface area (Å²) in [5.74, 6) is -0.495. The summed E-state index contributed by atoms with van der Waals surface area (Å²) in [4.78, 5) is 11.1. The first-order chi connectivity index (χ1) is 8.19. The SMILES string of the molecule is CCCC1CCC(C(=O)O)C(OCCCO)C1. The number of carbonyl (C=O) groups is 1. The zero-order valence-electron chi connectivity index (χ0n) is 10.6. The number of aliphatic hydroxyl groups excluding tert-OH is 1. The molecule has 0 aromatic heterocycles. The van der Waals surface area contributed by atoms with Crippen LogP contribution in [-0.2, 0) is 9.53 Å².